The molecule has 0 saturated heterocycles. The molecule has 0 unspecified atom stereocenters. The highest BCUT2D eigenvalue weighted by molar-refractivity contribution is 7.99. The SMILES string of the molecule is O=C(CSc1nnc(-c2ccccc2F)o1)Nc1ncccn1. The zero-order valence-electron chi connectivity index (χ0n) is 11.6. The molecule has 2 aromatic heterocycles. The topological polar surface area (TPSA) is 93.8 Å². The summed E-state index contributed by atoms with van der Waals surface area (Å²) in [6.45, 7) is 0. The van der Waals surface area contributed by atoms with Crippen molar-refractivity contribution in [3.8, 4) is 11.5 Å². The number of nitrogens with one attached hydrogen (secondary N) is 1. The molecule has 1 N–H and O–H groups in total. The van der Waals surface area contributed by atoms with E-state index in [-0.39, 0.29) is 34.3 Å². The van der Waals surface area contributed by atoms with Crippen molar-refractivity contribution < 1.29 is 13.6 Å². The van der Waals surface area contributed by atoms with Crippen LogP contribution in [0.3, 0.4) is 0 Å². The highest BCUT2D eigenvalue weighted by atomic mass is 32.2. The van der Waals surface area contributed by atoms with Crippen LogP contribution in [0.1, 0.15) is 0 Å². The second kappa shape index (κ2) is 6.97. The third-order valence-electron chi connectivity index (χ3n) is 2.65. The molecule has 7 nitrogen and oxygen atoms in total. The summed E-state index contributed by atoms with van der Waals surface area (Å²) in [5.41, 5.74) is 0.217. The largest absolute Gasteiger partial charge is 0.411 e. The van der Waals surface area contributed by atoms with Crippen LogP contribution in [0.25, 0.3) is 11.5 Å². The smallest absolute Gasteiger partial charge is 0.277 e. The fourth-order valence-corrected chi connectivity index (χ4v) is 2.23. The van der Waals surface area contributed by atoms with Crippen LogP contribution in [0.4, 0.5) is 10.3 Å². The van der Waals surface area contributed by atoms with Gasteiger partial charge in [0, 0.05) is 12.4 Å². The molecule has 1 aromatic carbocycles. The number of anilines is 1. The summed E-state index contributed by atoms with van der Waals surface area (Å²) in [5, 5.41) is 10.3. The lowest BCUT2D eigenvalue weighted by molar-refractivity contribution is -0.113. The minimum atomic E-state index is -0.452. The van der Waals surface area contributed by atoms with Crippen LogP contribution in [-0.4, -0.2) is 31.8 Å². The van der Waals surface area contributed by atoms with E-state index in [9.17, 15) is 9.18 Å². The van der Waals surface area contributed by atoms with Gasteiger partial charge in [-0.05, 0) is 18.2 Å². The maximum Gasteiger partial charge on any atom is 0.277 e. The summed E-state index contributed by atoms with van der Waals surface area (Å²) in [7, 11) is 0. The van der Waals surface area contributed by atoms with Crippen LogP contribution in [0.15, 0.2) is 52.4 Å². The molecule has 9 heteroatoms. The van der Waals surface area contributed by atoms with Crippen molar-refractivity contribution in [1.82, 2.24) is 20.2 Å². The normalized spacial score (nSPS) is 10.5. The van der Waals surface area contributed by atoms with E-state index in [0.29, 0.717) is 0 Å². The molecule has 0 saturated carbocycles. The molecular formula is C14H10FN5O2S. The maximum atomic E-state index is 13.6. The average molecular weight is 331 g/mol. The monoisotopic (exact) mass is 331 g/mol. The van der Waals surface area contributed by atoms with Crippen molar-refractivity contribution in [1.29, 1.82) is 0 Å². The number of thioether (sulfide) groups is 1. The van der Waals surface area contributed by atoms with Crippen LogP contribution >= 0.6 is 11.8 Å². The zero-order chi connectivity index (χ0) is 16.1. The molecule has 2 heterocycles. The fraction of sp³-hybridized carbons (Fsp3) is 0.0714. The second-order valence-electron chi connectivity index (χ2n) is 4.26. The van der Waals surface area contributed by atoms with Crippen molar-refractivity contribution >= 4 is 23.6 Å². The molecule has 116 valence electrons. The predicted molar refractivity (Wildman–Crippen MR) is 81.1 cm³/mol. The van der Waals surface area contributed by atoms with Gasteiger partial charge in [0.15, 0.2) is 0 Å². The molecule has 23 heavy (non-hydrogen) atoms. The number of carbonyl (C=O) groups excluding carboxylic acids is 1. The number of rotatable bonds is 5. The Morgan fingerprint density at radius 2 is 1.96 bits per heavy atom. The summed E-state index contributed by atoms with van der Waals surface area (Å²) < 4.78 is 19.0. The maximum absolute atomic E-state index is 13.6. The number of benzene rings is 1. The summed E-state index contributed by atoms with van der Waals surface area (Å²) in [6, 6.07) is 7.73. The van der Waals surface area contributed by atoms with Gasteiger partial charge in [0.25, 0.3) is 11.1 Å². The van der Waals surface area contributed by atoms with Crippen LogP contribution in [0, 0.1) is 5.82 Å². The minimum absolute atomic E-state index is 0.0388. The Labute approximate surface area is 134 Å². The molecule has 0 bridgehead atoms. The van der Waals surface area contributed by atoms with Gasteiger partial charge in [0.2, 0.25) is 11.9 Å². The molecule has 1 amide bonds. The highest BCUT2D eigenvalue weighted by Crippen LogP contribution is 2.24. The van der Waals surface area contributed by atoms with Crippen LogP contribution < -0.4 is 5.32 Å². The van der Waals surface area contributed by atoms with Gasteiger partial charge in [0.1, 0.15) is 5.82 Å². The van der Waals surface area contributed by atoms with E-state index in [0.717, 1.165) is 11.8 Å². The van der Waals surface area contributed by atoms with Gasteiger partial charge in [-0.3, -0.25) is 10.1 Å². The number of aromatic nitrogens is 4. The van der Waals surface area contributed by atoms with Gasteiger partial charge in [0.05, 0.1) is 11.3 Å². The Kier molecular flexibility index (Phi) is 4.57. The predicted octanol–water partition coefficient (Wildman–Crippen LogP) is 2.40. The first kappa shape index (κ1) is 15.1. The lowest BCUT2D eigenvalue weighted by Crippen LogP contribution is -2.15. The minimum Gasteiger partial charge on any atom is -0.411 e. The van der Waals surface area contributed by atoms with Gasteiger partial charge in [-0.2, -0.15) is 0 Å². The van der Waals surface area contributed by atoms with E-state index in [2.05, 4.69) is 25.5 Å². The number of nitrogens with zero attached hydrogens (tertiary/aromatic N) is 4. The number of halogens is 1. The van der Waals surface area contributed by atoms with E-state index in [1.165, 1.54) is 24.5 Å². The average Bonchev–Trinajstić information content (AvgIpc) is 3.03. The first-order valence-corrected chi connectivity index (χ1v) is 7.49. The Morgan fingerprint density at radius 1 is 1.17 bits per heavy atom. The third kappa shape index (κ3) is 3.89. The number of hydrogen-bond acceptors (Lipinski definition) is 7. The molecule has 0 aliphatic heterocycles. The first-order valence-electron chi connectivity index (χ1n) is 6.50. The molecule has 0 spiro atoms. The molecule has 0 aliphatic carbocycles. The van der Waals surface area contributed by atoms with Crippen molar-refractivity contribution in [2.45, 2.75) is 5.22 Å². The van der Waals surface area contributed by atoms with Crippen LogP contribution in [0.2, 0.25) is 0 Å². The van der Waals surface area contributed by atoms with Gasteiger partial charge >= 0.3 is 0 Å². The molecule has 3 aromatic rings. The lowest BCUT2D eigenvalue weighted by atomic mass is 10.2. The lowest BCUT2D eigenvalue weighted by Gasteiger charge is -2.00. The van der Waals surface area contributed by atoms with Crippen LogP contribution in [0.5, 0.6) is 0 Å². The Morgan fingerprint density at radius 3 is 2.74 bits per heavy atom. The quantitative estimate of drug-likeness (QED) is 0.717. The Hall–Kier alpha value is -2.81. The third-order valence-corrected chi connectivity index (χ3v) is 3.47. The molecule has 0 radical (unpaired) electrons. The van der Waals surface area contributed by atoms with E-state index in [4.69, 9.17) is 4.42 Å². The van der Waals surface area contributed by atoms with Gasteiger partial charge in [-0.15, -0.1) is 10.2 Å². The van der Waals surface area contributed by atoms with Crippen molar-refractivity contribution in [3.05, 3.63) is 48.5 Å². The highest BCUT2D eigenvalue weighted by Gasteiger charge is 2.14. The van der Waals surface area contributed by atoms with E-state index >= 15 is 0 Å². The first-order chi connectivity index (χ1) is 11.2. The van der Waals surface area contributed by atoms with E-state index in [1.807, 2.05) is 0 Å². The van der Waals surface area contributed by atoms with Crippen molar-refractivity contribution in [2.75, 3.05) is 11.1 Å². The molecule has 0 fully saturated rings. The summed E-state index contributed by atoms with van der Waals surface area (Å²) >= 11 is 1.04. The second-order valence-corrected chi connectivity index (χ2v) is 5.19. The Balaban J connectivity index is 1.59. The molecular weight excluding hydrogens is 321 g/mol. The zero-order valence-corrected chi connectivity index (χ0v) is 12.5. The number of hydrogen-bond donors (Lipinski definition) is 1. The van der Waals surface area contributed by atoms with Crippen molar-refractivity contribution in [3.63, 3.8) is 0 Å². The van der Waals surface area contributed by atoms with E-state index in [1.54, 1.807) is 18.2 Å². The van der Waals surface area contributed by atoms with Gasteiger partial charge < -0.3 is 4.42 Å². The summed E-state index contributed by atoms with van der Waals surface area (Å²) in [4.78, 5) is 19.5. The van der Waals surface area contributed by atoms with E-state index < -0.39 is 5.82 Å². The number of amides is 1. The molecule has 0 aliphatic rings. The number of carbonyl (C=O) groups is 1. The Bertz CT molecular complexity index is 812. The van der Waals surface area contributed by atoms with Gasteiger partial charge in [-0.25, -0.2) is 14.4 Å². The van der Waals surface area contributed by atoms with Gasteiger partial charge in [-0.1, -0.05) is 23.9 Å². The van der Waals surface area contributed by atoms with Crippen molar-refractivity contribution in [2.24, 2.45) is 0 Å². The molecule has 3 rings (SSSR count). The molecule has 0 atom stereocenters. The summed E-state index contributed by atoms with van der Waals surface area (Å²) in [6.07, 6.45) is 3.04. The standard InChI is InChI=1S/C14H10FN5O2S/c15-10-5-2-1-4-9(10)12-19-20-14(22-12)23-8-11(21)18-13-16-6-3-7-17-13/h1-7H,8H2,(H,16,17,18,21). The summed E-state index contributed by atoms with van der Waals surface area (Å²) in [5.74, 6) is -0.441. The fourth-order valence-electron chi connectivity index (χ4n) is 1.66. The van der Waals surface area contributed by atoms with Crippen LogP contribution in [-0.2, 0) is 4.79 Å².